The van der Waals surface area contributed by atoms with Gasteiger partial charge < -0.3 is 15.0 Å². The molecule has 0 saturated carbocycles. The standard InChI is InChI=1S/C28H30N4O2/c1-20(2)31-14-16-32(17-15-31)28-23-19-22(29-27(33)18-21-8-4-3-5-9-21)12-13-25(23)34-26-11-7-6-10-24(26)30-28/h3-13,19-20H,14-18H2,1-2H3,(H,29,33). The number of amides is 1. The third kappa shape index (κ3) is 4.82. The van der Waals surface area contributed by atoms with Crippen molar-refractivity contribution in [3.05, 3.63) is 83.9 Å². The third-order valence-electron chi connectivity index (χ3n) is 6.37. The highest BCUT2D eigenvalue weighted by Gasteiger charge is 2.27. The van der Waals surface area contributed by atoms with Crippen LogP contribution in [0.1, 0.15) is 25.0 Å². The van der Waals surface area contributed by atoms with Gasteiger partial charge in [0.15, 0.2) is 5.75 Å². The fraction of sp³-hybridized carbons (Fsp3) is 0.286. The lowest BCUT2D eigenvalue weighted by Crippen LogP contribution is -2.50. The zero-order valence-corrected chi connectivity index (χ0v) is 19.7. The Balaban J connectivity index is 1.44. The number of rotatable bonds is 4. The smallest absolute Gasteiger partial charge is 0.228 e. The number of carbonyl (C=O) groups is 1. The number of piperazine rings is 1. The Labute approximate surface area is 200 Å². The number of amidine groups is 1. The first-order chi connectivity index (χ1) is 16.6. The number of carbonyl (C=O) groups excluding carboxylic acids is 1. The van der Waals surface area contributed by atoms with Crippen molar-refractivity contribution in [2.24, 2.45) is 4.99 Å². The molecule has 6 heteroatoms. The molecule has 2 aliphatic heterocycles. The number of hydrogen-bond acceptors (Lipinski definition) is 5. The second-order valence-corrected chi connectivity index (χ2v) is 9.04. The van der Waals surface area contributed by atoms with Crippen molar-refractivity contribution >= 4 is 23.1 Å². The van der Waals surface area contributed by atoms with Gasteiger partial charge in [-0.15, -0.1) is 0 Å². The van der Waals surface area contributed by atoms with Crippen LogP contribution in [0.5, 0.6) is 11.5 Å². The van der Waals surface area contributed by atoms with Gasteiger partial charge in [0.1, 0.15) is 17.3 Å². The van der Waals surface area contributed by atoms with Gasteiger partial charge in [-0.2, -0.15) is 0 Å². The molecule has 0 unspecified atom stereocenters. The maximum Gasteiger partial charge on any atom is 0.228 e. The molecule has 0 atom stereocenters. The van der Waals surface area contributed by atoms with E-state index >= 15 is 0 Å². The van der Waals surface area contributed by atoms with Crippen LogP contribution in [0.4, 0.5) is 11.4 Å². The molecule has 0 aromatic heterocycles. The molecule has 6 nitrogen and oxygen atoms in total. The van der Waals surface area contributed by atoms with E-state index in [1.54, 1.807) is 0 Å². The number of hydrogen-bond donors (Lipinski definition) is 1. The van der Waals surface area contributed by atoms with E-state index < -0.39 is 0 Å². The van der Waals surface area contributed by atoms with E-state index in [4.69, 9.17) is 9.73 Å². The van der Waals surface area contributed by atoms with E-state index in [0.717, 1.165) is 66.0 Å². The number of nitrogens with zero attached hydrogens (tertiary/aromatic N) is 3. The molecule has 3 aromatic carbocycles. The maximum atomic E-state index is 12.7. The summed E-state index contributed by atoms with van der Waals surface area (Å²) in [5.74, 6) is 2.33. The van der Waals surface area contributed by atoms with Crippen LogP contribution >= 0.6 is 0 Å². The van der Waals surface area contributed by atoms with Gasteiger partial charge in [-0.25, -0.2) is 4.99 Å². The molecule has 0 radical (unpaired) electrons. The lowest BCUT2D eigenvalue weighted by atomic mass is 10.1. The number of fused-ring (bicyclic) bond motifs is 2. The van der Waals surface area contributed by atoms with Gasteiger partial charge in [0.2, 0.25) is 5.91 Å². The molecule has 0 aliphatic carbocycles. The maximum absolute atomic E-state index is 12.7. The predicted octanol–water partition coefficient (Wildman–Crippen LogP) is 5.08. The first kappa shape index (κ1) is 22.2. The van der Waals surface area contributed by atoms with Gasteiger partial charge in [0.25, 0.3) is 0 Å². The van der Waals surface area contributed by atoms with Crippen molar-refractivity contribution in [1.29, 1.82) is 0 Å². The lowest BCUT2D eigenvalue weighted by molar-refractivity contribution is -0.115. The Morgan fingerprint density at radius 2 is 1.68 bits per heavy atom. The highest BCUT2D eigenvalue weighted by atomic mass is 16.5. The molecule has 1 saturated heterocycles. The first-order valence-electron chi connectivity index (χ1n) is 11.9. The third-order valence-corrected chi connectivity index (χ3v) is 6.37. The zero-order valence-electron chi connectivity index (χ0n) is 19.7. The lowest BCUT2D eigenvalue weighted by Gasteiger charge is -2.38. The van der Waals surface area contributed by atoms with Crippen LogP contribution in [0.15, 0.2) is 77.8 Å². The Morgan fingerprint density at radius 3 is 2.44 bits per heavy atom. The Morgan fingerprint density at radius 1 is 0.941 bits per heavy atom. The number of para-hydroxylation sites is 2. The highest BCUT2D eigenvalue weighted by Crippen LogP contribution is 2.39. The van der Waals surface area contributed by atoms with Crippen LogP contribution in [-0.4, -0.2) is 53.8 Å². The Hall–Kier alpha value is -3.64. The summed E-state index contributed by atoms with van der Waals surface area (Å²) in [6.07, 6.45) is 0.331. The first-order valence-corrected chi connectivity index (χ1v) is 11.9. The minimum atomic E-state index is -0.0481. The van der Waals surface area contributed by atoms with Crippen LogP contribution in [0, 0.1) is 0 Å². The predicted molar refractivity (Wildman–Crippen MR) is 136 cm³/mol. The minimum Gasteiger partial charge on any atom is -0.454 e. The van der Waals surface area contributed by atoms with Gasteiger partial charge in [-0.3, -0.25) is 9.69 Å². The molecule has 34 heavy (non-hydrogen) atoms. The average molecular weight is 455 g/mol. The van der Waals surface area contributed by atoms with Crippen molar-refractivity contribution in [3.63, 3.8) is 0 Å². The second kappa shape index (κ2) is 9.69. The molecule has 2 heterocycles. The van der Waals surface area contributed by atoms with E-state index in [2.05, 4.69) is 29.0 Å². The average Bonchev–Trinajstić information content (AvgIpc) is 3.01. The van der Waals surface area contributed by atoms with Crippen LogP contribution in [0.3, 0.4) is 0 Å². The number of aliphatic imine (C=N–C) groups is 1. The molecule has 174 valence electrons. The van der Waals surface area contributed by atoms with E-state index in [9.17, 15) is 4.79 Å². The summed E-state index contributed by atoms with van der Waals surface area (Å²) in [7, 11) is 0. The van der Waals surface area contributed by atoms with Crippen LogP contribution in [-0.2, 0) is 11.2 Å². The molecule has 5 rings (SSSR count). The van der Waals surface area contributed by atoms with E-state index in [1.165, 1.54) is 0 Å². The molecule has 1 N–H and O–H groups in total. The number of benzene rings is 3. The van der Waals surface area contributed by atoms with E-state index in [-0.39, 0.29) is 5.91 Å². The summed E-state index contributed by atoms with van der Waals surface area (Å²) in [5, 5.41) is 3.05. The summed E-state index contributed by atoms with van der Waals surface area (Å²) in [4.78, 5) is 22.6. The summed E-state index contributed by atoms with van der Waals surface area (Å²) in [6.45, 7) is 8.24. The SMILES string of the molecule is CC(C)N1CCN(C2=Nc3ccccc3Oc3ccc(NC(=O)Cc4ccccc4)cc32)CC1. The Kier molecular flexibility index (Phi) is 6.32. The summed E-state index contributed by atoms with van der Waals surface area (Å²) < 4.78 is 6.27. The van der Waals surface area contributed by atoms with Gasteiger partial charge in [0.05, 0.1) is 12.0 Å². The molecular formula is C28H30N4O2. The van der Waals surface area contributed by atoms with E-state index in [0.29, 0.717) is 12.5 Å². The second-order valence-electron chi connectivity index (χ2n) is 9.04. The van der Waals surface area contributed by atoms with Gasteiger partial charge in [0, 0.05) is 37.9 Å². The highest BCUT2D eigenvalue weighted by molar-refractivity contribution is 6.05. The summed E-state index contributed by atoms with van der Waals surface area (Å²) >= 11 is 0. The van der Waals surface area contributed by atoms with Crippen molar-refractivity contribution in [3.8, 4) is 11.5 Å². The molecule has 0 bridgehead atoms. The number of ether oxygens (including phenoxy) is 1. The summed E-state index contributed by atoms with van der Waals surface area (Å²) in [6, 6.07) is 24.0. The Bertz CT molecular complexity index is 1200. The van der Waals surface area contributed by atoms with Gasteiger partial charge >= 0.3 is 0 Å². The molecule has 1 amide bonds. The van der Waals surface area contributed by atoms with Crippen LogP contribution in [0.2, 0.25) is 0 Å². The van der Waals surface area contributed by atoms with Crippen molar-refractivity contribution in [2.75, 3.05) is 31.5 Å². The van der Waals surface area contributed by atoms with Crippen molar-refractivity contribution in [1.82, 2.24) is 9.80 Å². The number of anilines is 1. The zero-order chi connectivity index (χ0) is 23.5. The minimum absolute atomic E-state index is 0.0481. The molecule has 3 aromatic rings. The van der Waals surface area contributed by atoms with Crippen molar-refractivity contribution in [2.45, 2.75) is 26.3 Å². The molecule has 0 spiro atoms. The summed E-state index contributed by atoms with van der Waals surface area (Å²) in [5.41, 5.74) is 3.43. The molecule has 1 fully saturated rings. The van der Waals surface area contributed by atoms with Crippen molar-refractivity contribution < 1.29 is 9.53 Å². The molecule has 2 aliphatic rings. The largest absolute Gasteiger partial charge is 0.454 e. The molecular weight excluding hydrogens is 424 g/mol. The topological polar surface area (TPSA) is 57.2 Å². The fourth-order valence-corrected chi connectivity index (χ4v) is 4.48. The quantitative estimate of drug-likeness (QED) is 0.598. The van der Waals surface area contributed by atoms with Crippen LogP contribution < -0.4 is 10.1 Å². The van der Waals surface area contributed by atoms with Gasteiger partial charge in [-0.05, 0) is 49.7 Å². The van der Waals surface area contributed by atoms with Crippen LogP contribution in [0.25, 0.3) is 0 Å². The van der Waals surface area contributed by atoms with E-state index in [1.807, 2.05) is 72.8 Å². The monoisotopic (exact) mass is 454 g/mol. The number of nitrogens with one attached hydrogen (secondary N) is 1. The normalized spacial score (nSPS) is 15.6. The van der Waals surface area contributed by atoms with Gasteiger partial charge in [-0.1, -0.05) is 42.5 Å². The fourth-order valence-electron chi connectivity index (χ4n) is 4.48.